The largest absolute Gasteiger partial charge is 0.329 e. The molecule has 0 fully saturated rings. The summed E-state index contributed by atoms with van der Waals surface area (Å²) in [5.41, 5.74) is 3.79. The molecule has 0 radical (unpaired) electrons. The Hall–Kier alpha value is -1.41. The topological polar surface area (TPSA) is 12.0 Å². The number of aryl methyl sites for hydroxylation is 1. The Kier molecular flexibility index (Phi) is 3.89. The van der Waals surface area contributed by atoms with Gasteiger partial charge in [-0.1, -0.05) is 42.5 Å². The number of hydrogen-bond donors (Lipinski definition) is 1. The van der Waals surface area contributed by atoms with Crippen molar-refractivity contribution in [1.82, 2.24) is 0 Å². The number of rotatable bonds is 4. The molecule has 2 aromatic carbocycles. The van der Waals surface area contributed by atoms with Crippen molar-refractivity contribution in [2.75, 3.05) is 4.72 Å². The summed E-state index contributed by atoms with van der Waals surface area (Å²) in [5.74, 6) is 0.981. The van der Waals surface area contributed by atoms with Crippen LogP contribution in [0, 0.1) is 6.92 Å². The van der Waals surface area contributed by atoms with Crippen LogP contribution in [-0.4, -0.2) is 0 Å². The zero-order valence-corrected chi connectivity index (χ0v) is 10.1. The fourth-order valence-corrected chi connectivity index (χ4v) is 2.21. The Bertz CT molecular complexity index is 439. The molecule has 0 saturated carbocycles. The molecule has 0 heterocycles. The minimum Gasteiger partial charge on any atom is -0.329 e. The normalized spacial score (nSPS) is 10.1. The van der Waals surface area contributed by atoms with Gasteiger partial charge in [-0.3, -0.25) is 0 Å². The van der Waals surface area contributed by atoms with Gasteiger partial charge in [0.2, 0.25) is 0 Å². The van der Waals surface area contributed by atoms with Gasteiger partial charge in [0.1, 0.15) is 0 Å². The molecule has 0 bridgehead atoms. The maximum Gasteiger partial charge on any atom is 0.0442 e. The lowest BCUT2D eigenvalue weighted by molar-refractivity contribution is 1.41. The fourth-order valence-electron chi connectivity index (χ4n) is 1.49. The highest BCUT2D eigenvalue weighted by molar-refractivity contribution is 7.99. The monoisotopic (exact) mass is 229 g/mol. The molecule has 82 valence electrons. The van der Waals surface area contributed by atoms with Crippen molar-refractivity contribution in [3.63, 3.8) is 0 Å². The minimum absolute atomic E-state index is 0.981. The van der Waals surface area contributed by atoms with E-state index in [1.165, 1.54) is 16.8 Å². The van der Waals surface area contributed by atoms with Gasteiger partial charge in [0.15, 0.2) is 0 Å². The van der Waals surface area contributed by atoms with Crippen molar-refractivity contribution in [2.45, 2.75) is 12.7 Å². The van der Waals surface area contributed by atoms with Gasteiger partial charge < -0.3 is 4.72 Å². The molecule has 2 heteroatoms. The van der Waals surface area contributed by atoms with Crippen molar-refractivity contribution >= 4 is 17.6 Å². The molecule has 0 unspecified atom stereocenters. The van der Waals surface area contributed by atoms with Crippen LogP contribution in [0.4, 0.5) is 5.69 Å². The lowest BCUT2D eigenvalue weighted by Gasteiger charge is -2.06. The van der Waals surface area contributed by atoms with Gasteiger partial charge in [0, 0.05) is 11.4 Å². The first-order valence-electron chi connectivity index (χ1n) is 5.33. The van der Waals surface area contributed by atoms with Crippen molar-refractivity contribution in [3.05, 3.63) is 65.7 Å². The first-order valence-corrected chi connectivity index (χ1v) is 6.31. The van der Waals surface area contributed by atoms with Crippen molar-refractivity contribution < 1.29 is 0 Å². The van der Waals surface area contributed by atoms with E-state index < -0.39 is 0 Å². The Morgan fingerprint density at radius 3 is 2.56 bits per heavy atom. The summed E-state index contributed by atoms with van der Waals surface area (Å²) in [6, 6.07) is 18.9. The van der Waals surface area contributed by atoms with E-state index in [0.717, 1.165) is 5.75 Å². The molecular formula is C14H15NS. The highest BCUT2D eigenvalue weighted by Crippen LogP contribution is 2.17. The van der Waals surface area contributed by atoms with Crippen LogP contribution in [0.3, 0.4) is 0 Å². The van der Waals surface area contributed by atoms with Gasteiger partial charge in [-0.05, 0) is 42.1 Å². The van der Waals surface area contributed by atoms with E-state index in [4.69, 9.17) is 0 Å². The lowest BCUT2D eigenvalue weighted by Crippen LogP contribution is -1.89. The highest BCUT2D eigenvalue weighted by atomic mass is 32.2. The minimum atomic E-state index is 0.981. The summed E-state index contributed by atoms with van der Waals surface area (Å²) < 4.78 is 3.35. The average molecular weight is 229 g/mol. The second-order valence-corrected chi connectivity index (χ2v) is 4.53. The highest BCUT2D eigenvalue weighted by Gasteiger charge is 1.94. The molecule has 0 spiro atoms. The smallest absolute Gasteiger partial charge is 0.0442 e. The van der Waals surface area contributed by atoms with Gasteiger partial charge in [-0.2, -0.15) is 0 Å². The van der Waals surface area contributed by atoms with E-state index in [0.29, 0.717) is 0 Å². The number of benzene rings is 2. The third-order valence-corrected chi connectivity index (χ3v) is 3.15. The molecule has 0 amide bonds. The summed E-state index contributed by atoms with van der Waals surface area (Å²) in [5, 5.41) is 0. The van der Waals surface area contributed by atoms with E-state index in [1.807, 2.05) is 6.07 Å². The van der Waals surface area contributed by atoms with Gasteiger partial charge in [0.05, 0.1) is 0 Å². The van der Waals surface area contributed by atoms with Crippen molar-refractivity contribution in [1.29, 1.82) is 0 Å². The van der Waals surface area contributed by atoms with Gasteiger partial charge in [0.25, 0.3) is 0 Å². The molecule has 1 N–H and O–H groups in total. The van der Waals surface area contributed by atoms with Crippen LogP contribution in [0.5, 0.6) is 0 Å². The van der Waals surface area contributed by atoms with Crippen LogP contribution in [0.1, 0.15) is 11.1 Å². The van der Waals surface area contributed by atoms with Crippen LogP contribution in [0.25, 0.3) is 0 Å². The van der Waals surface area contributed by atoms with E-state index in [1.54, 1.807) is 11.9 Å². The molecule has 0 saturated heterocycles. The standard InChI is InChI=1S/C14H15NS/c1-12-6-5-9-14(10-12)15-16-11-13-7-3-2-4-8-13/h2-10,15H,11H2,1H3. The zero-order chi connectivity index (χ0) is 11.2. The van der Waals surface area contributed by atoms with Crippen LogP contribution in [0.15, 0.2) is 54.6 Å². The number of hydrogen-bond acceptors (Lipinski definition) is 2. The van der Waals surface area contributed by atoms with E-state index in [9.17, 15) is 0 Å². The lowest BCUT2D eigenvalue weighted by atomic mass is 10.2. The summed E-state index contributed by atoms with van der Waals surface area (Å²) in [6.45, 7) is 2.10. The van der Waals surface area contributed by atoms with Gasteiger partial charge in [-0.25, -0.2) is 0 Å². The van der Waals surface area contributed by atoms with Crippen LogP contribution >= 0.6 is 11.9 Å². The second kappa shape index (κ2) is 5.61. The number of anilines is 1. The maximum absolute atomic E-state index is 3.35. The summed E-state index contributed by atoms with van der Waals surface area (Å²) in [6.07, 6.45) is 0. The molecule has 1 nitrogen and oxygen atoms in total. The Balaban J connectivity index is 1.85. The van der Waals surface area contributed by atoms with Crippen LogP contribution in [-0.2, 0) is 5.75 Å². The van der Waals surface area contributed by atoms with Gasteiger partial charge in [-0.15, -0.1) is 0 Å². The van der Waals surface area contributed by atoms with Crippen LogP contribution in [0.2, 0.25) is 0 Å². The maximum atomic E-state index is 3.35. The Morgan fingerprint density at radius 2 is 1.81 bits per heavy atom. The summed E-state index contributed by atoms with van der Waals surface area (Å²) >= 11 is 1.72. The van der Waals surface area contributed by atoms with E-state index in [-0.39, 0.29) is 0 Å². The molecule has 2 aromatic rings. The van der Waals surface area contributed by atoms with Crippen molar-refractivity contribution in [3.8, 4) is 0 Å². The van der Waals surface area contributed by atoms with E-state index >= 15 is 0 Å². The fraction of sp³-hybridized carbons (Fsp3) is 0.143. The molecule has 0 aromatic heterocycles. The Morgan fingerprint density at radius 1 is 1.00 bits per heavy atom. The molecular weight excluding hydrogens is 214 g/mol. The SMILES string of the molecule is Cc1cccc(NSCc2ccccc2)c1. The summed E-state index contributed by atoms with van der Waals surface area (Å²) in [4.78, 5) is 0. The third-order valence-electron chi connectivity index (χ3n) is 2.29. The van der Waals surface area contributed by atoms with E-state index in [2.05, 4.69) is 60.2 Å². The van der Waals surface area contributed by atoms with Crippen LogP contribution < -0.4 is 4.72 Å². The molecule has 0 atom stereocenters. The zero-order valence-electron chi connectivity index (χ0n) is 9.31. The predicted octanol–water partition coefficient (Wildman–Crippen LogP) is 4.26. The third kappa shape index (κ3) is 3.31. The number of nitrogens with one attached hydrogen (secondary N) is 1. The molecule has 0 aliphatic carbocycles. The average Bonchev–Trinajstić information content (AvgIpc) is 2.30. The predicted molar refractivity (Wildman–Crippen MR) is 72.5 cm³/mol. The second-order valence-electron chi connectivity index (χ2n) is 3.75. The van der Waals surface area contributed by atoms with Crippen molar-refractivity contribution in [2.24, 2.45) is 0 Å². The van der Waals surface area contributed by atoms with Gasteiger partial charge >= 0.3 is 0 Å². The molecule has 0 aliphatic heterocycles. The quantitative estimate of drug-likeness (QED) is 0.786. The first kappa shape index (κ1) is 11.1. The molecule has 0 aliphatic rings. The molecule has 16 heavy (non-hydrogen) atoms. The summed E-state index contributed by atoms with van der Waals surface area (Å²) in [7, 11) is 0. The Labute approximate surface area is 101 Å². The molecule has 2 rings (SSSR count). The first-order chi connectivity index (χ1) is 7.84.